The van der Waals surface area contributed by atoms with E-state index in [1.807, 2.05) is 4.90 Å². The number of carbonyl (C=O) groups is 1. The third-order valence-electron chi connectivity index (χ3n) is 5.30. The zero-order valence-corrected chi connectivity index (χ0v) is 16.2. The fourth-order valence-corrected chi connectivity index (χ4v) is 3.76. The van der Waals surface area contributed by atoms with E-state index < -0.39 is 0 Å². The smallest absolute Gasteiger partial charge is 0.317 e. The summed E-state index contributed by atoms with van der Waals surface area (Å²) in [6.45, 7) is 6.06. The average Bonchev–Trinajstić information content (AvgIpc) is 2.72. The van der Waals surface area contributed by atoms with E-state index >= 15 is 0 Å². The summed E-state index contributed by atoms with van der Waals surface area (Å²) in [4.78, 5) is 25.0. The lowest BCUT2D eigenvalue weighted by molar-refractivity contribution is 0.0995. The first-order valence-corrected chi connectivity index (χ1v) is 9.92. The molecule has 8 nitrogen and oxygen atoms in total. The largest absolute Gasteiger partial charge is 0.460 e. The minimum absolute atomic E-state index is 0.0402. The topological polar surface area (TPSA) is 79.8 Å². The molecule has 0 aliphatic carbocycles. The number of ether oxygens (including phenoxy) is 2. The van der Waals surface area contributed by atoms with E-state index in [-0.39, 0.29) is 12.1 Å². The summed E-state index contributed by atoms with van der Waals surface area (Å²) in [5.41, 5.74) is 0. The molecule has 0 radical (unpaired) electrons. The fraction of sp³-hybridized carbons (Fsp3) is 0.737. The molecule has 0 aromatic carbocycles. The van der Waals surface area contributed by atoms with Gasteiger partial charge in [-0.05, 0) is 31.4 Å². The number of carbonyl (C=O) groups excluding carboxylic acids is 1. The molecule has 1 atom stereocenters. The first-order valence-electron chi connectivity index (χ1n) is 9.92. The summed E-state index contributed by atoms with van der Waals surface area (Å²) in [6, 6.07) is 2.22. The summed E-state index contributed by atoms with van der Waals surface area (Å²) in [6.07, 6.45) is 7.40. The van der Waals surface area contributed by atoms with Crippen LogP contribution in [-0.2, 0) is 4.74 Å². The van der Waals surface area contributed by atoms with Crippen molar-refractivity contribution in [2.24, 2.45) is 5.92 Å². The molecule has 0 bridgehead atoms. The minimum Gasteiger partial charge on any atom is -0.460 e. The van der Waals surface area contributed by atoms with Crippen LogP contribution in [0, 0.1) is 5.92 Å². The lowest BCUT2D eigenvalue weighted by atomic mass is 9.98. The van der Waals surface area contributed by atoms with Gasteiger partial charge in [-0.15, -0.1) is 0 Å². The first-order chi connectivity index (χ1) is 13.2. The molecular formula is C19H31N5O3. The zero-order valence-electron chi connectivity index (χ0n) is 16.2. The van der Waals surface area contributed by atoms with E-state index in [1.54, 1.807) is 25.6 Å². The van der Waals surface area contributed by atoms with Gasteiger partial charge in [0, 0.05) is 65.1 Å². The Kier molecular flexibility index (Phi) is 7.65. The summed E-state index contributed by atoms with van der Waals surface area (Å²) < 4.78 is 11.0. The van der Waals surface area contributed by atoms with Gasteiger partial charge in [0.2, 0.25) is 0 Å². The Bertz CT molecular complexity index is 566. The molecule has 0 saturated carbocycles. The lowest BCUT2D eigenvalue weighted by Gasteiger charge is -2.34. The van der Waals surface area contributed by atoms with Crippen molar-refractivity contribution < 1.29 is 14.3 Å². The third kappa shape index (κ3) is 6.32. The molecule has 0 spiro atoms. The number of piperidine rings is 2. The van der Waals surface area contributed by atoms with Crippen molar-refractivity contribution in [1.29, 1.82) is 0 Å². The Morgan fingerprint density at radius 1 is 1.22 bits per heavy atom. The van der Waals surface area contributed by atoms with Gasteiger partial charge in [-0.3, -0.25) is 0 Å². The van der Waals surface area contributed by atoms with E-state index in [0.29, 0.717) is 25.0 Å². The Balaban J connectivity index is 1.34. The maximum absolute atomic E-state index is 12.5. The van der Waals surface area contributed by atoms with E-state index in [9.17, 15) is 4.79 Å². The van der Waals surface area contributed by atoms with Gasteiger partial charge in [-0.1, -0.05) is 0 Å². The van der Waals surface area contributed by atoms with Gasteiger partial charge >= 0.3 is 12.0 Å². The number of nitrogens with one attached hydrogen (secondary N) is 1. The van der Waals surface area contributed by atoms with Gasteiger partial charge in [0.25, 0.3) is 0 Å². The van der Waals surface area contributed by atoms with E-state index in [1.165, 1.54) is 12.8 Å². The molecule has 2 aliphatic heterocycles. The van der Waals surface area contributed by atoms with Gasteiger partial charge in [0.05, 0.1) is 6.61 Å². The summed E-state index contributed by atoms with van der Waals surface area (Å²) in [7, 11) is 1.74. The number of amides is 2. The number of likely N-dealkylation sites (tertiary alicyclic amines) is 2. The Morgan fingerprint density at radius 2 is 2.00 bits per heavy atom. The van der Waals surface area contributed by atoms with Crippen LogP contribution in [0.5, 0.6) is 6.01 Å². The van der Waals surface area contributed by atoms with Crippen molar-refractivity contribution in [3.05, 3.63) is 18.5 Å². The van der Waals surface area contributed by atoms with Crippen LogP contribution >= 0.6 is 0 Å². The van der Waals surface area contributed by atoms with Crippen LogP contribution in [0.25, 0.3) is 0 Å². The average molecular weight is 377 g/mol. The van der Waals surface area contributed by atoms with Gasteiger partial charge in [0.15, 0.2) is 0 Å². The molecule has 2 saturated heterocycles. The molecule has 1 N–H and O–H groups in total. The van der Waals surface area contributed by atoms with Crippen molar-refractivity contribution in [3.63, 3.8) is 0 Å². The van der Waals surface area contributed by atoms with Crippen molar-refractivity contribution in [2.75, 3.05) is 53.0 Å². The maximum atomic E-state index is 12.5. The standard InChI is InChI=1S/C19H31N5O3/c1-26-13-12-23-9-2-4-16(15-23)14-22-19(25)24-10-5-17(6-11-24)27-18-20-7-3-8-21-18/h3,7-8,16-17H,2,4-6,9-15H2,1H3,(H,22,25). The molecule has 8 heteroatoms. The van der Waals surface area contributed by atoms with Gasteiger partial charge in [-0.25, -0.2) is 14.8 Å². The Hall–Kier alpha value is -1.93. The molecule has 150 valence electrons. The van der Waals surface area contributed by atoms with Crippen molar-refractivity contribution in [3.8, 4) is 6.01 Å². The second kappa shape index (κ2) is 10.4. The summed E-state index contributed by atoms with van der Waals surface area (Å²) in [5.74, 6) is 0.524. The van der Waals surface area contributed by atoms with Crippen LogP contribution < -0.4 is 10.1 Å². The van der Waals surface area contributed by atoms with Crippen molar-refractivity contribution in [1.82, 2.24) is 25.1 Å². The monoisotopic (exact) mass is 377 g/mol. The van der Waals surface area contributed by atoms with Gasteiger partial charge in [-0.2, -0.15) is 0 Å². The quantitative estimate of drug-likeness (QED) is 0.773. The number of urea groups is 1. The highest BCUT2D eigenvalue weighted by Crippen LogP contribution is 2.17. The SMILES string of the molecule is COCCN1CCCC(CNC(=O)N2CCC(Oc3ncccn3)CC2)C1. The first kappa shape index (κ1) is 19.8. The number of hydrogen-bond acceptors (Lipinski definition) is 6. The van der Waals surface area contributed by atoms with Crippen LogP contribution in [0.15, 0.2) is 18.5 Å². The second-order valence-electron chi connectivity index (χ2n) is 7.32. The highest BCUT2D eigenvalue weighted by molar-refractivity contribution is 5.74. The molecule has 2 amide bonds. The molecule has 2 aliphatic rings. The van der Waals surface area contributed by atoms with Crippen molar-refractivity contribution in [2.45, 2.75) is 31.8 Å². The van der Waals surface area contributed by atoms with Crippen LogP contribution in [0.2, 0.25) is 0 Å². The molecule has 3 heterocycles. The van der Waals surface area contributed by atoms with Crippen LogP contribution in [0.1, 0.15) is 25.7 Å². The van der Waals surface area contributed by atoms with Crippen LogP contribution in [-0.4, -0.2) is 84.9 Å². The van der Waals surface area contributed by atoms with E-state index in [0.717, 1.165) is 45.6 Å². The van der Waals surface area contributed by atoms with Crippen LogP contribution in [0.4, 0.5) is 4.79 Å². The predicted octanol–water partition coefficient (Wildman–Crippen LogP) is 1.39. The highest BCUT2D eigenvalue weighted by Gasteiger charge is 2.26. The molecule has 1 aromatic heterocycles. The second-order valence-corrected chi connectivity index (χ2v) is 7.32. The molecule has 1 unspecified atom stereocenters. The minimum atomic E-state index is 0.0402. The van der Waals surface area contributed by atoms with Gasteiger partial charge in [0.1, 0.15) is 6.10 Å². The molecule has 27 heavy (non-hydrogen) atoms. The summed E-state index contributed by atoms with van der Waals surface area (Å²) >= 11 is 0. The molecule has 2 fully saturated rings. The fourth-order valence-electron chi connectivity index (χ4n) is 3.76. The lowest BCUT2D eigenvalue weighted by Crippen LogP contribution is -2.49. The highest BCUT2D eigenvalue weighted by atomic mass is 16.5. The molecular weight excluding hydrogens is 346 g/mol. The Labute approximate surface area is 161 Å². The predicted molar refractivity (Wildman–Crippen MR) is 102 cm³/mol. The van der Waals surface area contributed by atoms with Crippen LogP contribution in [0.3, 0.4) is 0 Å². The maximum Gasteiger partial charge on any atom is 0.317 e. The zero-order chi connectivity index (χ0) is 18.9. The van der Waals surface area contributed by atoms with E-state index in [4.69, 9.17) is 9.47 Å². The number of methoxy groups -OCH3 is 1. The number of rotatable bonds is 7. The number of nitrogens with zero attached hydrogens (tertiary/aromatic N) is 4. The molecule has 1 aromatic rings. The number of aromatic nitrogens is 2. The van der Waals surface area contributed by atoms with Gasteiger partial charge < -0.3 is 24.6 Å². The summed E-state index contributed by atoms with van der Waals surface area (Å²) in [5, 5.41) is 3.13. The number of hydrogen-bond donors (Lipinski definition) is 1. The molecule has 3 rings (SSSR count). The van der Waals surface area contributed by atoms with Crippen molar-refractivity contribution >= 4 is 6.03 Å². The van der Waals surface area contributed by atoms with E-state index in [2.05, 4.69) is 20.2 Å². The normalized spacial score (nSPS) is 21.8. The third-order valence-corrected chi connectivity index (χ3v) is 5.30. The Morgan fingerprint density at radius 3 is 2.74 bits per heavy atom.